The lowest BCUT2D eigenvalue weighted by atomic mass is 10.2. The minimum atomic E-state index is -0.399. The van der Waals surface area contributed by atoms with E-state index >= 15 is 0 Å². The van der Waals surface area contributed by atoms with Crippen molar-refractivity contribution in [2.24, 2.45) is 0 Å². The lowest BCUT2D eigenvalue weighted by Crippen LogP contribution is -1.90. The van der Waals surface area contributed by atoms with Crippen molar-refractivity contribution in [1.29, 1.82) is 0 Å². The summed E-state index contributed by atoms with van der Waals surface area (Å²) in [7, 11) is 0. The summed E-state index contributed by atoms with van der Waals surface area (Å²) in [6.45, 7) is 0. The van der Waals surface area contributed by atoms with Gasteiger partial charge in [-0.25, -0.2) is 4.39 Å². The molecule has 2 rings (SSSR count). The van der Waals surface area contributed by atoms with Gasteiger partial charge in [0, 0.05) is 15.9 Å². The van der Waals surface area contributed by atoms with Gasteiger partial charge in [0.1, 0.15) is 17.3 Å². The summed E-state index contributed by atoms with van der Waals surface area (Å²) in [4.78, 5) is 0. The Morgan fingerprint density at radius 3 is 2.44 bits per heavy atom. The molecule has 94 valence electrons. The predicted molar refractivity (Wildman–Crippen MR) is 75.6 cm³/mol. The van der Waals surface area contributed by atoms with Crippen molar-refractivity contribution in [3.8, 4) is 11.5 Å². The second kappa shape index (κ2) is 5.91. The van der Waals surface area contributed by atoms with E-state index in [4.69, 9.17) is 27.9 Å². The highest BCUT2D eigenvalue weighted by Crippen LogP contribution is 2.33. The smallest absolute Gasteiger partial charge is 0.146 e. The highest BCUT2D eigenvalue weighted by Gasteiger charge is 2.08. The Bertz CT molecular complexity index is 575. The molecule has 0 atom stereocenters. The van der Waals surface area contributed by atoms with Gasteiger partial charge < -0.3 is 4.74 Å². The summed E-state index contributed by atoms with van der Waals surface area (Å²) < 4.78 is 18.6. The molecule has 0 unspecified atom stereocenters. The molecule has 0 N–H and O–H groups in total. The maximum Gasteiger partial charge on any atom is 0.146 e. The molecule has 0 fully saturated rings. The zero-order chi connectivity index (χ0) is 13.1. The second-order valence-corrected chi connectivity index (χ2v) is 4.97. The summed E-state index contributed by atoms with van der Waals surface area (Å²) >= 11 is 15.2. The van der Waals surface area contributed by atoms with E-state index in [0.717, 1.165) is 5.56 Å². The molecule has 0 bridgehead atoms. The maximum absolute atomic E-state index is 12.9. The minimum Gasteiger partial charge on any atom is -0.455 e. The molecular weight excluding hydrogens is 342 g/mol. The number of hydrogen-bond donors (Lipinski definition) is 0. The van der Waals surface area contributed by atoms with Crippen molar-refractivity contribution in [1.82, 2.24) is 0 Å². The van der Waals surface area contributed by atoms with Crippen molar-refractivity contribution in [2.75, 3.05) is 0 Å². The first kappa shape index (κ1) is 13.7. The lowest BCUT2D eigenvalue weighted by Gasteiger charge is -2.11. The van der Waals surface area contributed by atoms with Crippen LogP contribution in [-0.4, -0.2) is 0 Å². The van der Waals surface area contributed by atoms with E-state index in [0.29, 0.717) is 21.9 Å². The number of alkyl halides is 1. The first-order valence-electron chi connectivity index (χ1n) is 5.07. The Labute approximate surface area is 123 Å². The van der Waals surface area contributed by atoms with Gasteiger partial charge in [0.05, 0.1) is 5.02 Å². The van der Waals surface area contributed by atoms with Gasteiger partial charge in [-0.1, -0.05) is 39.1 Å². The van der Waals surface area contributed by atoms with Crippen LogP contribution in [0, 0.1) is 5.82 Å². The van der Waals surface area contributed by atoms with Crippen molar-refractivity contribution in [3.63, 3.8) is 0 Å². The van der Waals surface area contributed by atoms with E-state index in [-0.39, 0.29) is 5.02 Å². The van der Waals surface area contributed by atoms with Crippen molar-refractivity contribution >= 4 is 39.1 Å². The van der Waals surface area contributed by atoms with Gasteiger partial charge in [-0.05, 0) is 36.4 Å². The summed E-state index contributed by atoms with van der Waals surface area (Å²) in [5, 5.41) is 1.45. The molecule has 18 heavy (non-hydrogen) atoms. The normalized spacial score (nSPS) is 10.4. The van der Waals surface area contributed by atoms with Gasteiger partial charge in [0.15, 0.2) is 0 Å². The molecule has 0 aromatic heterocycles. The van der Waals surface area contributed by atoms with E-state index in [1.54, 1.807) is 18.2 Å². The maximum atomic E-state index is 12.9. The average molecular weight is 350 g/mol. The molecule has 2 aromatic carbocycles. The van der Waals surface area contributed by atoms with E-state index in [1.165, 1.54) is 18.2 Å². The molecule has 0 aliphatic carbocycles. The average Bonchev–Trinajstić information content (AvgIpc) is 2.34. The van der Waals surface area contributed by atoms with Crippen molar-refractivity contribution < 1.29 is 9.13 Å². The largest absolute Gasteiger partial charge is 0.455 e. The topological polar surface area (TPSA) is 9.23 Å². The second-order valence-electron chi connectivity index (χ2n) is 3.56. The minimum absolute atomic E-state index is 0.227. The molecule has 0 radical (unpaired) electrons. The van der Waals surface area contributed by atoms with Crippen LogP contribution in [-0.2, 0) is 5.33 Å². The molecule has 1 nitrogen and oxygen atoms in total. The molecule has 0 saturated heterocycles. The Kier molecular flexibility index (Phi) is 4.49. The number of benzene rings is 2. The monoisotopic (exact) mass is 348 g/mol. The van der Waals surface area contributed by atoms with E-state index in [2.05, 4.69) is 15.9 Å². The summed E-state index contributed by atoms with van der Waals surface area (Å²) in [5.74, 6) is 0.636. The standard InChI is InChI=1S/C13H8BrCl2FO/c14-7-8-5-9(15)1-3-12(8)18-13-4-2-10(17)6-11(13)16/h1-6H,7H2. The van der Waals surface area contributed by atoms with Gasteiger partial charge in [-0.2, -0.15) is 0 Å². The fourth-order valence-electron chi connectivity index (χ4n) is 1.43. The van der Waals surface area contributed by atoms with E-state index in [9.17, 15) is 4.39 Å². The van der Waals surface area contributed by atoms with Crippen LogP contribution in [0.1, 0.15) is 5.56 Å². The van der Waals surface area contributed by atoms with Crippen LogP contribution < -0.4 is 4.74 Å². The zero-order valence-corrected chi connectivity index (χ0v) is 12.2. The predicted octanol–water partition coefficient (Wildman–Crippen LogP) is 5.82. The van der Waals surface area contributed by atoms with E-state index < -0.39 is 5.82 Å². The van der Waals surface area contributed by atoms with Crippen LogP contribution in [0.5, 0.6) is 11.5 Å². The van der Waals surface area contributed by atoms with Crippen LogP contribution in [0.25, 0.3) is 0 Å². The highest BCUT2D eigenvalue weighted by atomic mass is 79.9. The molecule has 0 amide bonds. The van der Waals surface area contributed by atoms with E-state index in [1.807, 2.05) is 0 Å². The van der Waals surface area contributed by atoms with Crippen LogP contribution >= 0.6 is 39.1 Å². The third-order valence-electron chi connectivity index (χ3n) is 2.28. The van der Waals surface area contributed by atoms with Gasteiger partial charge in [-0.15, -0.1) is 0 Å². The van der Waals surface area contributed by atoms with Crippen LogP contribution in [0.15, 0.2) is 36.4 Å². The Balaban J connectivity index is 2.33. The quantitative estimate of drug-likeness (QED) is 0.634. The number of hydrogen-bond acceptors (Lipinski definition) is 1. The van der Waals surface area contributed by atoms with Crippen molar-refractivity contribution in [3.05, 3.63) is 57.8 Å². The third-order valence-corrected chi connectivity index (χ3v) is 3.41. The SMILES string of the molecule is Fc1ccc(Oc2ccc(Cl)cc2CBr)c(Cl)c1. The third kappa shape index (κ3) is 3.16. The highest BCUT2D eigenvalue weighted by molar-refractivity contribution is 9.08. The molecule has 0 saturated carbocycles. The Morgan fingerprint density at radius 1 is 1.06 bits per heavy atom. The molecule has 5 heteroatoms. The van der Waals surface area contributed by atoms with Gasteiger partial charge >= 0.3 is 0 Å². The summed E-state index contributed by atoms with van der Waals surface area (Å²) in [5.41, 5.74) is 0.892. The van der Waals surface area contributed by atoms with Gasteiger partial charge in [0.2, 0.25) is 0 Å². The lowest BCUT2D eigenvalue weighted by molar-refractivity contribution is 0.477. The fraction of sp³-hybridized carbons (Fsp3) is 0.0769. The molecule has 2 aromatic rings. The molecule has 0 aliphatic rings. The molecule has 0 aliphatic heterocycles. The summed E-state index contributed by atoms with van der Waals surface area (Å²) in [6.07, 6.45) is 0. The van der Waals surface area contributed by atoms with Crippen LogP contribution in [0.2, 0.25) is 10.0 Å². The summed E-state index contributed by atoms with van der Waals surface area (Å²) in [6, 6.07) is 9.26. The van der Waals surface area contributed by atoms with Crippen molar-refractivity contribution in [2.45, 2.75) is 5.33 Å². The van der Waals surface area contributed by atoms with Gasteiger partial charge in [0.25, 0.3) is 0 Å². The first-order valence-corrected chi connectivity index (χ1v) is 6.95. The molecule has 0 heterocycles. The Morgan fingerprint density at radius 2 is 1.78 bits per heavy atom. The number of rotatable bonds is 3. The first-order chi connectivity index (χ1) is 8.60. The molecular formula is C13H8BrCl2FO. The number of ether oxygens (including phenoxy) is 1. The Hall–Kier alpha value is -0.770. The van der Waals surface area contributed by atoms with Crippen LogP contribution in [0.4, 0.5) is 4.39 Å². The fourth-order valence-corrected chi connectivity index (χ4v) is 2.27. The van der Waals surface area contributed by atoms with Crippen LogP contribution in [0.3, 0.4) is 0 Å². The van der Waals surface area contributed by atoms with Gasteiger partial charge in [-0.3, -0.25) is 0 Å². The number of halogens is 4. The molecule has 0 spiro atoms. The zero-order valence-electron chi connectivity index (χ0n) is 9.09.